The van der Waals surface area contributed by atoms with Crippen LogP contribution in [0.1, 0.15) is 256 Å². The summed E-state index contributed by atoms with van der Waals surface area (Å²) >= 11 is 0. The Morgan fingerprint density at radius 3 is 0.767 bits per heavy atom. The molecule has 1 aliphatic rings. The molecule has 0 saturated carbocycles. The van der Waals surface area contributed by atoms with Crippen LogP contribution in [0.5, 0.6) is 23.0 Å². The molecule has 0 aliphatic heterocycles. The number of carbonyl (C=O) groups excluding carboxylic acids is 6. The first-order chi connectivity index (χ1) is 41.6. The van der Waals surface area contributed by atoms with Gasteiger partial charge in [0.2, 0.25) is 0 Å². The summed E-state index contributed by atoms with van der Waals surface area (Å²) in [6.07, 6.45) is 12.7. The molecule has 2 N–H and O–H groups in total. The first kappa shape index (κ1) is 69.9. The monoisotopic (exact) mass is 1180 g/mol. The highest BCUT2D eigenvalue weighted by atomic mass is 16.5. The van der Waals surface area contributed by atoms with Crippen LogP contribution in [0.4, 0.5) is 0 Å². The average molecular weight is 1190 g/mol. The van der Waals surface area contributed by atoms with Crippen molar-refractivity contribution in [1.82, 2.24) is 0 Å². The van der Waals surface area contributed by atoms with Crippen LogP contribution in [0.2, 0.25) is 0 Å². The summed E-state index contributed by atoms with van der Waals surface area (Å²) in [5.74, 6) is 0.546. The summed E-state index contributed by atoms with van der Waals surface area (Å²) in [7, 11) is 0. The van der Waals surface area contributed by atoms with Gasteiger partial charge in [-0.05, 0) is 133 Å². The summed E-state index contributed by atoms with van der Waals surface area (Å²) in [6.45, 7) is 19.2. The summed E-state index contributed by atoms with van der Waals surface area (Å²) in [5, 5.41) is 20.3. The highest BCUT2D eigenvalue weighted by molar-refractivity contribution is 5.99. The largest absolute Gasteiger partial charge is 0.493 e. The Morgan fingerprint density at radius 1 is 0.349 bits per heavy atom. The van der Waals surface area contributed by atoms with Crippen molar-refractivity contribution in [3.05, 3.63) is 140 Å². The van der Waals surface area contributed by atoms with Gasteiger partial charge >= 0.3 is 11.9 Å². The number of unbranched alkanes of at least 4 members (excludes halogenated alkanes) is 8. The van der Waals surface area contributed by atoms with E-state index in [0.29, 0.717) is 167 Å². The Balaban J connectivity index is 1.98. The molecule has 0 spiro atoms. The van der Waals surface area contributed by atoms with Crippen LogP contribution in [0.15, 0.2) is 72.8 Å². The minimum absolute atomic E-state index is 0.0435. The van der Waals surface area contributed by atoms with E-state index in [9.17, 15) is 39.0 Å². The maximum atomic E-state index is 14.7. The summed E-state index contributed by atoms with van der Waals surface area (Å²) in [6, 6.07) is 14.9. The third-order valence-electron chi connectivity index (χ3n) is 15.1. The molecule has 0 atom stereocenters. The van der Waals surface area contributed by atoms with Gasteiger partial charge < -0.3 is 38.6 Å². The van der Waals surface area contributed by atoms with Crippen LogP contribution in [0, 0.1) is 0 Å². The van der Waals surface area contributed by atoms with E-state index in [4.69, 9.17) is 28.4 Å². The normalized spacial score (nSPS) is 11.8. The van der Waals surface area contributed by atoms with Crippen LogP contribution < -0.4 is 18.9 Å². The van der Waals surface area contributed by atoms with E-state index in [1.165, 1.54) is 0 Å². The predicted octanol–water partition coefficient (Wildman–Crippen LogP) is 14.7. The zero-order valence-electron chi connectivity index (χ0n) is 52.5. The van der Waals surface area contributed by atoms with Gasteiger partial charge in [-0.1, -0.05) is 92.2 Å². The fourth-order valence-electron chi connectivity index (χ4n) is 10.5. The molecule has 8 bridgehead atoms. The lowest BCUT2D eigenvalue weighted by molar-refractivity contribution is -0.140. The molecular formula is C72H96O14. The maximum absolute atomic E-state index is 14.7. The molecule has 0 aromatic heterocycles. The van der Waals surface area contributed by atoms with E-state index in [0.717, 1.165) is 51.4 Å². The number of fused-ring (bicyclic) bond motifs is 8. The second-order valence-corrected chi connectivity index (χ2v) is 22.8. The number of hydrogen-bond acceptors (Lipinski definition) is 14. The van der Waals surface area contributed by atoms with E-state index < -0.39 is 11.9 Å². The molecule has 0 saturated heterocycles. The van der Waals surface area contributed by atoms with Crippen molar-refractivity contribution in [3.8, 4) is 23.0 Å². The minimum atomic E-state index is -0.523. The number of Topliss-reactive ketones (excluding diaryl/α,β-unsaturated/α-hetero) is 4. The maximum Gasteiger partial charge on any atom is 0.333 e. The molecule has 0 unspecified atom stereocenters. The van der Waals surface area contributed by atoms with Crippen molar-refractivity contribution in [2.24, 2.45) is 0 Å². The van der Waals surface area contributed by atoms with E-state index in [1.54, 1.807) is 13.8 Å². The quantitative estimate of drug-likeness (QED) is 0.0162. The third-order valence-corrected chi connectivity index (χ3v) is 15.1. The van der Waals surface area contributed by atoms with Gasteiger partial charge in [-0.3, -0.25) is 19.2 Å². The highest BCUT2D eigenvalue weighted by Crippen LogP contribution is 2.42. The zero-order valence-corrected chi connectivity index (χ0v) is 52.5. The molecule has 468 valence electrons. The number of rotatable bonds is 40. The van der Waals surface area contributed by atoms with E-state index in [-0.39, 0.29) is 113 Å². The Labute approximate surface area is 511 Å². The van der Waals surface area contributed by atoms with E-state index >= 15 is 0 Å². The van der Waals surface area contributed by atoms with E-state index in [1.807, 2.05) is 48.5 Å². The Morgan fingerprint density at radius 2 is 0.570 bits per heavy atom. The van der Waals surface area contributed by atoms with Crippen molar-refractivity contribution in [2.75, 3.05) is 52.9 Å². The highest BCUT2D eigenvalue weighted by Gasteiger charge is 2.28. The topological polar surface area (TPSA) is 198 Å². The lowest BCUT2D eigenvalue weighted by atomic mass is 9.86. The summed E-state index contributed by atoms with van der Waals surface area (Å²) in [4.78, 5) is 83.6. The second kappa shape index (κ2) is 37.6. The van der Waals surface area contributed by atoms with Crippen molar-refractivity contribution < 1.29 is 67.4 Å². The number of ether oxygens (including phenoxy) is 6. The molecule has 5 rings (SSSR count). The number of carbonyl (C=O) groups is 6. The molecule has 1 aliphatic carbocycles. The number of benzene rings is 4. The second-order valence-electron chi connectivity index (χ2n) is 22.8. The van der Waals surface area contributed by atoms with Gasteiger partial charge in [0.15, 0.2) is 23.1 Å². The van der Waals surface area contributed by atoms with Gasteiger partial charge in [0.25, 0.3) is 0 Å². The molecular weight excluding hydrogens is 1090 g/mol. The van der Waals surface area contributed by atoms with Gasteiger partial charge in [0.05, 0.1) is 39.6 Å². The lowest BCUT2D eigenvalue weighted by Gasteiger charge is -2.25. The number of aliphatic hydroxyl groups is 2. The van der Waals surface area contributed by atoms with Crippen molar-refractivity contribution in [1.29, 1.82) is 0 Å². The average Bonchev–Trinajstić information content (AvgIpc) is 2.11. The van der Waals surface area contributed by atoms with E-state index in [2.05, 4.69) is 40.9 Å². The van der Waals surface area contributed by atoms with Gasteiger partial charge in [-0.2, -0.15) is 0 Å². The molecule has 14 heteroatoms. The summed E-state index contributed by atoms with van der Waals surface area (Å²) in [5.41, 5.74) is 7.34. The van der Waals surface area contributed by atoms with Crippen LogP contribution in [-0.2, 0) is 44.7 Å². The minimum Gasteiger partial charge on any atom is -0.493 e. The fourth-order valence-corrected chi connectivity index (χ4v) is 10.5. The first-order valence-electron chi connectivity index (χ1n) is 31.7. The summed E-state index contributed by atoms with van der Waals surface area (Å²) < 4.78 is 38.4. The SMILES string of the molecule is C=C(C)C(=O)OCCCOc1c2cc(C(=O)CCCCC)cc1Cc1cc(C(=O)CCCCC)cc(c1OCCCOC(=O)C(=C)C)Cc1cc(C(=O)CCCCC)cc(c1OCCCO)Cc1cc(C(=O)CCCCC)cc(c1OCCCO)C2. The van der Waals surface area contributed by atoms with Crippen LogP contribution >= 0.6 is 0 Å². The molecule has 14 nitrogen and oxygen atoms in total. The third kappa shape index (κ3) is 21.8. The smallest absolute Gasteiger partial charge is 0.333 e. The molecule has 0 heterocycles. The van der Waals surface area contributed by atoms with Gasteiger partial charge in [0.1, 0.15) is 23.0 Å². The zero-order chi connectivity index (χ0) is 62.4. The molecule has 86 heavy (non-hydrogen) atoms. The van der Waals surface area contributed by atoms with Gasteiger partial charge in [-0.25, -0.2) is 9.59 Å². The Hall–Kier alpha value is -6.90. The Bertz CT molecular complexity index is 2750. The molecule has 0 radical (unpaired) electrons. The van der Waals surface area contributed by atoms with Gasteiger partial charge in [-0.15, -0.1) is 0 Å². The first-order valence-corrected chi connectivity index (χ1v) is 31.7. The van der Waals surface area contributed by atoms with Crippen LogP contribution in [-0.4, -0.2) is 98.1 Å². The number of aliphatic hydroxyl groups excluding tert-OH is 2. The van der Waals surface area contributed by atoms with Crippen molar-refractivity contribution in [3.63, 3.8) is 0 Å². The number of ketones is 4. The molecule has 0 fully saturated rings. The predicted molar refractivity (Wildman–Crippen MR) is 337 cm³/mol. The van der Waals surface area contributed by atoms with Crippen molar-refractivity contribution in [2.45, 2.75) is 196 Å². The Kier molecular flexibility index (Phi) is 30.6. The number of hydrogen-bond donors (Lipinski definition) is 2. The standard InChI is InChI=1S/C72H96O14/c1-9-13-17-25-63(75)51-37-55-45-56-38-52(64(76)26-18-14-10-2)40-58(68(56)82-32-22-30-74)47-60-42-54(66(78)28-20-16-12-4)44-62(70(60)84-34-24-36-86-72(80)50(7)8)48-61-43-53(65(77)27-19-15-11-3)41-59(46-57(39-51)67(55)81-31-21-29-73)69(61)83-33-23-35-85-71(79)49(5)6/h37-44,73-74H,5,7,9-36,45-48H2,1-4,6,8H3. The van der Waals surface area contributed by atoms with Crippen molar-refractivity contribution >= 4 is 35.1 Å². The number of esters is 2. The molecule has 4 aromatic carbocycles. The molecule has 0 amide bonds. The van der Waals surface area contributed by atoms with Crippen LogP contribution in [0.25, 0.3) is 0 Å². The molecule has 4 aromatic rings. The van der Waals surface area contributed by atoms with Crippen LogP contribution in [0.3, 0.4) is 0 Å². The van der Waals surface area contributed by atoms with Gasteiger partial charge in [0, 0.05) is 124 Å². The lowest BCUT2D eigenvalue weighted by Crippen LogP contribution is -2.15. The fraction of sp³-hybridized carbons (Fsp3) is 0.528.